The van der Waals surface area contributed by atoms with E-state index < -0.39 is 0 Å². The van der Waals surface area contributed by atoms with Crippen LogP contribution in [0.25, 0.3) is 10.8 Å². The van der Waals surface area contributed by atoms with Gasteiger partial charge in [0.25, 0.3) is 0 Å². The van der Waals surface area contributed by atoms with Crippen molar-refractivity contribution >= 4 is 22.6 Å². The molecule has 1 amide bonds. The summed E-state index contributed by atoms with van der Waals surface area (Å²) in [5, 5.41) is 9.18. The molecule has 0 unspecified atom stereocenters. The summed E-state index contributed by atoms with van der Waals surface area (Å²) >= 11 is 0. The molecule has 1 aliphatic heterocycles. The number of anilines is 1. The van der Waals surface area contributed by atoms with E-state index >= 15 is 0 Å². The number of fused-ring (bicyclic) bond motifs is 2. The Morgan fingerprint density at radius 3 is 2.84 bits per heavy atom. The molecule has 1 atom stereocenters. The SMILES string of the molecule is CC(C)COc1ccc([C@H]2CC(=O)Nc3ncnn32)c2ccccc12. The van der Waals surface area contributed by atoms with Crippen LogP contribution < -0.4 is 10.1 Å². The van der Waals surface area contributed by atoms with Crippen LogP contribution in [0.1, 0.15) is 31.9 Å². The van der Waals surface area contributed by atoms with Gasteiger partial charge in [0, 0.05) is 5.39 Å². The zero-order chi connectivity index (χ0) is 17.4. The van der Waals surface area contributed by atoms with Crippen LogP contribution in [0.4, 0.5) is 5.95 Å². The molecule has 3 aromatic rings. The second kappa shape index (κ2) is 6.20. The number of rotatable bonds is 4. The van der Waals surface area contributed by atoms with Crippen molar-refractivity contribution in [1.82, 2.24) is 14.8 Å². The summed E-state index contributed by atoms with van der Waals surface area (Å²) < 4.78 is 7.76. The minimum atomic E-state index is -0.171. The highest BCUT2D eigenvalue weighted by molar-refractivity contribution is 5.94. The molecule has 0 fully saturated rings. The zero-order valence-electron chi connectivity index (χ0n) is 14.3. The van der Waals surface area contributed by atoms with Crippen LogP contribution in [0.3, 0.4) is 0 Å². The highest BCUT2D eigenvalue weighted by atomic mass is 16.5. The number of amides is 1. The first-order chi connectivity index (χ1) is 12.1. The molecule has 1 aliphatic rings. The van der Waals surface area contributed by atoms with Gasteiger partial charge in [-0.1, -0.05) is 44.2 Å². The average Bonchev–Trinajstić information content (AvgIpc) is 3.07. The topological polar surface area (TPSA) is 69.0 Å². The third-order valence-electron chi connectivity index (χ3n) is 4.35. The number of nitrogens with zero attached hydrogens (tertiary/aromatic N) is 3. The maximum Gasteiger partial charge on any atom is 0.229 e. The van der Waals surface area contributed by atoms with Gasteiger partial charge in [0.05, 0.1) is 19.1 Å². The van der Waals surface area contributed by atoms with E-state index in [4.69, 9.17) is 4.74 Å². The minimum absolute atomic E-state index is 0.0466. The fourth-order valence-corrected chi connectivity index (χ4v) is 3.21. The monoisotopic (exact) mass is 336 g/mol. The Morgan fingerprint density at radius 2 is 2.04 bits per heavy atom. The van der Waals surface area contributed by atoms with Gasteiger partial charge in [0.1, 0.15) is 12.1 Å². The van der Waals surface area contributed by atoms with Gasteiger partial charge in [-0.15, -0.1) is 0 Å². The maximum absolute atomic E-state index is 12.1. The lowest BCUT2D eigenvalue weighted by Crippen LogP contribution is -2.29. The molecule has 0 bridgehead atoms. The van der Waals surface area contributed by atoms with E-state index in [1.165, 1.54) is 6.33 Å². The van der Waals surface area contributed by atoms with Crippen LogP contribution in [0.15, 0.2) is 42.7 Å². The summed E-state index contributed by atoms with van der Waals surface area (Å²) in [6.07, 6.45) is 1.81. The predicted octanol–water partition coefficient (Wildman–Crippen LogP) is 3.40. The second-order valence-corrected chi connectivity index (χ2v) is 6.70. The molecule has 25 heavy (non-hydrogen) atoms. The summed E-state index contributed by atoms with van der Waals surface area (Å²) in [6.45, 7) is 4.93. The molecule has 0 radical (unpaired) electrons. The van der Waals surface area contributed by atoms with Gasteiger partial charge in [-0.2, -0.15) is 10.1 Å². The molecular formula is C19H20N4O2. The molecule has 1 aromatic heterocycles. The van der Waals surface area contributed by atoms with Gasteiger partial charge < -0.3 is 4.74 Å². The molecule has 0 spiro atoms. The summed E-state index contributed by atoms with van der Waals surface area (Å²) in [7, 11) is 0. The van der Waals surface area contributed by atoms with E-state index in [9.17, 15) is 4.79 Å². The summed E-state index contributed by atoms with van der Waals surface area (Å²) in [5.74, 6) is 1.77. The number of ether oxygens (including phenoxy) is 1. The Hall–Kier alpha value is -2.89. The molecule has 0 saturated heterocycles. The third-order valence-corrected chi connectivity index (χ3v) is 4.35. The van der Waals surface area contributed by atoms with Crippen molar-refractivity contribution in [3.05, 3.63) is 48.3 Å². The Morgan fingerprint density at radius 1 is 1.24 bits per heavy atom. The van der Waals surface area contributed by atoms with Crippen LogP contribution in [0.5, 0.6) is 5.75 Å². The summed E-state index contributed by atoms with van der Waals surface area (Å²) in [4.78, 5) is 16.2. The van der Waals surface area contributed by atoms with Gasteiger partial charge in [-0.3, -0.25) is 10.1 Å². The van der Waals surface area contributed by atoms with Gasteiger partial charge in [0.15, 0.2) is 0 Å². The Labute approximate surface area is 145 Å². The highest BCUT2D eigenvalue weighted by Crippen LogP contribution is 2.36. The Bertz CT molecular complexity index is 932. The van der Waals surface area contributed by atoms with Crippen molar-refractivity contribution < 1.29 is 9.53 Å². The van der Waals surface area contributed by atoms with Gasteiger partial charge in [-0.05, 0) is 22.9 Å². The Kier molecular flexibility index (Phi) is 3.87. The number of aromatic nitrogens is 3. The van der Waals surface area contributed by atoms with E-state index in [2.05, 4.69) is 41.4 Å². The number of benzene rings is 2. The molecule has 6 nitrogen and oxygen atoms in total. The van der Waals surface area contributed by atoms with Crippen molar-refractivity contribution in [2.24, 2.45) is 5.92 Å². The number of nitrogens with one attached hydrogen (secondary N) is 1. The highest BCUT2D eigenvalue weighted by Gasteiger charge is 2.29. The molecule has 2 aromatic carbocycles. The van der Waals surface area contributed by atoms with Gasteiger partial charge >= 0.3 is 0 Å². The van der Waals surface area contributed by atoms with Crippen LogP contribution in [-0.2, 0) is 4.79 Å². The lowest BCUT2D eigenvalue weighted by molar-refractivity contribution is -0.117. The first-order valence-corrected chi connectivity index (χ1v) is 8.47. The fraction of sp³-hybridized carbons (Fsp3) is 0.316. The number of carbonyl (C=O) groups excluding carboxylic acids is 1. The van der Waals surface area contributed by atoms with Gasteiger partial charge in [-0.25, -0.2) is 4.68 Å². The van der Waals surface area contributed by atoms with Crippen molar-refractivity contribution in [1.29, 1.82) is 0 Å². The molecule has 128 valence electrons. The standard InChI is InChI=1S/C19H20N4O2/c1-12(2)10-25-17-8-7-14(13-5-3-4-6-15(13)17)16-9-18(24)22-19-20-11-21-23(16)19/h3-8,11-12,16H,9-10H2,1-2H3,(H,20,21,22,24)/t16-/m1/s1. The predicted molar refractivity (Wildman–Crippen MR) is 95.7 cm³/mol. The Balaban J connectivity index is 1.82. The van der Waals surface area contributed by atoms with Crippen molar-refractivity contribution in [3.8, 4) is 5.75 Å². The minimum Gasteiger partial charge on any atom is -0.493 e. The first-order valence-electron chi connectivity index (χ1n) is 8.47. The molecule has 0 saturated carbocycles. The van der Waals surface area contributed by atoms with Crippen LogP contribution >= 0.6 is 0 Å². The zero-order valence-corrected chi connectivity index (χ0v) is 14.3. The largest absolute Gasteiger partial charge is 0.493 e. The number of hydrogen-bond acceptors (Lipinski definition) is 4. The van der Waals surface area contributed by atoms with E-state index in [0.717, 1.165) is 22.1 Å². The fourth-order valence-electron chi connectivity index (χ4n) is 3.21. The van der Waals surface area contributed by atoms with Crippen LogP contribution in [-0.4, -0.2) is 27.3 Å². The quantitative estimate of drug-likeness (QED) is 0.793. The van der Waals surface area contributed by atoms with E-state index in [0.29, 0.717) is 24.9 Å². The maximum atomic E-state index is 12.1. The van der Waals surface area contributed by atoms with E-state index in [1.54, 1.807) is 4.68 Å². The number of carbonyl (C=O) groups is 1. The van der Waals surface area contributed by atoms with Crippen molar-refractivity contribution in [2.45, 2.75) is 26.3 Å². The molecule has 2 heterocycles. The second-order valence-electron chi connectivity index (χ2n) is 6.70. The first kappa shape index (κ1) is 15.6. The van der Waals surface area contributed by atoms with E-state index in [-0.39, 0.29) is 11.9 Å². The lowest BCUT2D eigenvalue weighted by atomic mass is 9.95. The van der Waals surface area contributed by atoms with Crippen LogP contribution in [0, 0.1) is 5.92 Å². The lowest BCUT2D eigenvalue weighted by Gasteiger charge is -2.25. The van der Waals surface area contributed by atoms with Crippen molar-refractivity contribution in [3.63, 3.8) is 0 Å². The average molecular weight is 336 g/mol. The third kappa shape index (κ3) is 2.84. The molecule has 4 rings (SSSR count). The molecule has 0 aliphatic carbocycles. The van der Waals surface area contributed by atoms with Gasteiger partial charge in [0.2, 0.25) is 11.9 Å². The summed E-state index contributed by atoms with van der Waals surface area (Å²) in [6, 6.07) is 12.0. The normalized spacial score (nSPS) is 16.8. The molecule has 1 N–H and O–H groups in total. The van der Waals surface area contributed by atoms with Crippen LogP contribution in [0.2, 0.25) is 0 Å². The summed E-state index contributed by atoms with van der Waals surface area (Å²) in [5.41, 5.74) is 1.05. The molecular weight excluding hydrogens is 316 g/mol. The van der Waals surface area contributed by atoms with E-state index in [1.807, 2.05) is 24.3 Å². The number of hydrogen-bond donors (Lipinski definition) is 1. The molecule has 6 heteroatoms. The van der Waals surface area contributed by atoms with Crippen molar-refractivity contribution in [2.75, 3.05) is 11.9 Å². The smallest absolute Gasteiger partial charge is 0.229 e.